The minimum absolute atomic E-state index is 0. The molecule has 22 heavy (non-hydrogen) atoms. The van der Waals surface area contributed by atoms with Gasteiger partial charge in [0.25, 0.3) is 0 Å². The maximum Gasteiger partial charge on any atom is 0.188 e. The first-order valence-corrected chi connectivity index (χ1v) is 8.44. The van der Waals surface area contributed by atoms with Crippen molar-refractivity contribution in [3.05, 3.63) is 0 Å². The lowest BCUT2D eigenvalue weighted by atomic mass is 10.0. The van der Waals surface area contributed by atoms with Gasteiger partial charge in [0.1, 0.15) is 0 Å². The predicted octanol–water partition coefficient (Wildman–Crippen LogP) is 2.45. The first-order valence-electron chi connectivity index (χ1n) is 8.44. The molecule has 0 spiro atoms. The van der Waals surface area contributed by atoms with E-state index in [-0.39, 0.29) is 24.0 Å². The second kappa shape index (κ2) is 13.4. The molecule has 0 aromatic carbocycles. The number of ether oxygens (including phenoxy) is 1. The SMILES string of the molecule is CC(C)CCCC(C)NC(N)=NCCCN1CCOCC1.I. The Morgan fingerprint density at radius 2 is 1.86 bits per heavy atom. The number of rotatable bonds is 9. The van der Waals surface area contributed by atoms with Crippen LogP contribution in [0.15, 0.2) is 4.99 Å². The maximum absolute atomic E-state index is 5.93. The molecule has 0 aromatic heterocycles. The van der Waals surface area contributed by atoms with Crippen LogP contribution in [0.25, 0.3) is 0 Å². The van der Waals surface area contributed by atoms with Gasteiger partial charge in [0.15, 0.2) is 5.96 Å². The largest absolute Gasteiger partial charge is 0.379 e. The molecule has 0 amide bonds. The molecular formula is C16H35IN4O. The molecule has 132 valence electrons. The number of morpholine rings is 1. The Kier molecular flexibility index (Phi) is 13.3. The average molecular weight is 426 g/mol. The molecule has 0 aliphatic carbocycles. The summed E-state index contributed by atoms with van der Waals surface area (Å²) < 4.78 is 5.34. The quantitative estimate of drug-likeness (QED) is 0.257. The fraction of sp³-hybridized carbons (Fsp3) is 0.938. The van der Waals surface area contributed by atoms with Gasteiger partial charge in [-0.25, -0.2) is 0 Å². The highest BCUT2D eigenvalue weighted by Crippen LogP contribution is 2.08. The van der Waals surface area contributed by atoms with E-state index in [1.165, 1.54) is 12.8 Å². The molecule has 1 aliphatic rings. The van der Waals surface area contributed by atoms with Crippen LogP contribution in [-0.4, -0.2) is 56.3 Å². The maximum atomic E-state index is 5.93. The van der Waals surface area contributed by atoms with Crippen LogP contribution in [0.4, 0.5) is 0 Å². The zero-order valence-corrected chi connectivity index (χ0v) is 16.8. The highest BCUT2D eigenvalue weighted by Gasteiger charge is 2.09. The van der Waals surface area contributed by atoms with Crippen LogP contribution >= 0.6 is 24.0 Å². The molecule has 0 aromatic rings. The number of nitrogens with two attached hydrogens (primary N) is 1. The van der Waals surface area contributed by atoms with Crippen LogP contribution in [0.5, 0.6) is 0 Å². The van der Waals surface area contributed by atoms with Gasteiger partial charge < -0.3 is 15.8 Å². The third kappa shape index (κ3) is 11.5. The van der Waals surface area contributed by atoms with Crippen molar-refractivity contribution in [2.75, 3.05) is 39.4 Å². The predicted molar refractivity (Wildman–Crippen MR) is 105 cm³/mol. The van der Waals surface area contributed by atoms with Gasteiger partial charge in [0.2, 0.25) is 0 Å². The fourth-order valence-electron chi connectivity index (χ4n) is 2.52. The van der Waals surface area contributed by atoms with Crippen LogP contribution in [-0.2, 0) is 4.74 Å². The molecular weight excluding hydrogens is 391 g/mol. The Balaban J connectivity index is 0.00000441. The number of hydrogen-bond donors (Lipinski definition) is 2. The molecule has 1 heterocycles. The summed E-state index contributed by atoms with van der Waals surface area (Å²) in [6, 6.07) is 0.409. The monoisotopic (exact) mass is 426 g/mol. The molecule has 1 unspecified atom stereocenters. The molecule has 0 saturated carbocycles. The van der Waals surface area contributed by atoms with E-state index in [0.29, 0.717) is 12.0 Å². The van der Waals surface area contributed by atoms with E-state index in [9.17, 15) is 0 Å². The first kappa shape index (κ1) is 21.9. The van der Waals surface area contributed by atoms with Gasteiger partial charge in [-0.15, -0.1) is 24.0 Å². The summed E-state index contributed by atoms with van der Waals surface area (Å²) in [7, 11) is 0. The van der Waals surface area contributed by atoms with Crippen LogP contribution in [0, 0.1) is 5.92 Å². The first-order chi connectivity index (χ1) is 10.1. The topological polar surface area (TPSA) is 62.9 Å². The van der Waals surface area contributed by atoms with Gasteiger partial charge in [-0.05, 0) is 25.7 Å². The van der Waals surface area contributed by atoms with Crippen LogP contribution in [0.2, 0.25) is 0 Å². The number of aliphatic imine (C=N–C) groups is 1. The summed E-state index contributed by atoms with van der Waals surface area (Å²) in [6.07, 6.45) is 4.74. The lowest BCUT2D eigenvalue weighted by molar-refractivity contribution is 0.0377. The lowest BCUT2D eigenvalue weighted by Gasteiger charge is -2.26. The second-order valence-electron chi connectivity index (χ2n) is 6.44. The molecule has 1 aliphatic heterocycles. The van der Waals surface area contributed by atoms with Crippen LogP contribution in [0.3, 0.4) is 0 Å². The van der Waals surface area contributed by atoms with Crippen molar-refractivity contribution in [1.82, 2.24) is 10.2 Å². The summed E-state index contributed by atoms with van der Waals surface area (Å²) in [5.41, 5.74) is 5.93. The van der Waals surface area contributed by atoms with Crippen molar-refractivity contribution in [2.24, 2.45) is 16.6 Å². The molecule has 1 fully saturated rings. The molecule has 1 rings (SSSR count). The fourth-order valence-corrected chi connectivity index (χ4v) is 2.52. The van der Waals surface area contributed by atoms with Gasteiger partial charge in [0, 0.05) is 32.2 Å². The third-order valence-electron chi connectivity index (χ3n) is 3.83. The molecule has 5 nitrogen and oxygen atoms in total. The number of guanidine groups is 1. The summed E-state index contributed by atoms with van der Waals surface area (Å²) >= 11 is 0. The van der Waals surface area contributed by atoms with Gasteiger partial charge in [-0.3, -0.25) is 9.89 Å². The molecule has 0 bridgehead atoms. The van der Waals surface area contributed by atoms with Gasteiger partial charge in [-0.1, -0.05) is 26.7 Å². The Labute approximate surface area is 153 Å². The Morgan fingerprint density at radius 1 is 1.18 bits per heavy atom. The van der Waals surface area contributed by atoms with Crippen molar-refractivity contribution < 1.29 is 4.74 Å². The number of nitrogens with one attached hydrogen (secondary N) is 1. The van der Waals surface area contributed by atoms with Gasteiger partial charge in [-0.2, -0.15) is 0 Å². The minimum atomic E-state index is 0. The van der Waals surface area contributed by atoms with E-state index in [1.54, 1.807) is 0 Å². The van der Waals surface area contributed by atoms with E-state index >= 15 is 0 Å². The lowest BCUT2D eigenvalue weighted by Crippen LogP contribution is -2.39. The highest BCUT2D eigenvalue weighted by atomic mass is 127. The molecule has 6 heteroatoms. The number of hydrogen-bond acceptors (Lipinski definition) is 3. The van der Waals surface area contributed by atoms with Gasteiger partial charge >= 0.3 is 0 Å². The standard InChI is InChI=1S/C16H34N4O.HI/c1-14(2)6-4-7-15(3)19-16(17)18-8-5-9-20-10-12-21-13-11-20;/h14-15H,4-13H2,1-3H3,(H3,17,18,19);1H. The van der Waals surface area contributed by atoms with E-state index < -0.39 is 0 Å². The number of nitrogens with zero attached hydrogens (tertiary/aromatic N) is 2. The van der Waals surface area contributed by atoms with Crippen molar-refractivity contribution in [1.29, 1.82) is 0 Å². The average Bonchev–Trinajstić information content (AvgIpc) is 2.44. The van der Waals surface area contributed by atoms with Crippen LogP contribution < -0.4 is 11.1 Å². The van der Waals surface area contributed by atoms with Crippen molar-refractivity contribution in [3.63, 3.8) is 0 Å². The molecule has 1 saturated heterocycles. The minimum Gasteiger partial charge on any atom is -0.379 e. The smallest absolute Gasteiger partial charge is 0.188 e. The molecule has 0 radical (unpaired) electrons. The van der Waals surface area contributed by atoms with Crippen LogP contribution in [0.1, 0.15) is 46.5 Å². The van der Waals surface area contributed by atoms with E-state index in [4.69, 9.17) is 10.5 Å². The molecule has 1 atom stereocenters. The normalized spacial score (nSPS) is 18.1. The van der Waals surface area contributed by atoms with Crippen molar-refractivity contribution >= 4 is 29.9 Å². The van der Waals surface area contributed by atoms with E-state index in [0.717, 1.165) is 58.2 Å². The number of halogens is 1. The van der Waals surface area contributed by atoms with E-state index in [2.05, 4.69) is 36.0 Å². The zero-order valence-electron chi connectivity index (χ0n) is 14.5. The third-order valence-corrected chi connectivity index (χ3v) is 3.83. The Hall–Kier alpha value is -0.0800. The highest BCUT2D eigenvalue weighted by molar-refractivity contribution is 14.0. The second-order valence-corrected chi connectivity index (χ2v) is 6.44. The summed E-state index contributed by atoms with van der Waals surface area (Å²) in [5, 5.41) is 3.29. The molecule has 3 N–H and O–H groups in total. The zero-order chi connectivity index (χ0) is 15.5. The Morgan fingerprint density at radius 3 is 2.50 bits per heavy atom. The van der Waals surface area contributed by atoms with Gasteiger partial charge in [0.05, 0.1) is 13.2 Å². The van der Waals surface area contributed by atoms with Crippen molar-refractivity contribution in [2.45, 2.75) is 52.5 Å². The summed E-state index contributed by atoms with van der Waals surface area (Å²) in [5.74, 6) is 1.37. The van der Waals surface area contributed by atoms with Crippen molar-refractivity contribution in [3.8, 4) is 0 Å². The Bertz CT molecular complexity index is 294. The summed E-state index contributed by atoms with van der Waals surface area (Å²) in [6.45, 7) is 12.4. The van der Waals surface area contributed by atoms with E-state index in [1.807, 2.05) is 0 Å². The summed E-state index contributed by atoms with van der Waals surface area (Å²) in [4.78, 5) is 6.84.